The minimum atomic E-state index is -1.42. The molecule has 1 fully saturated rings. The highest BCUT2D eigenvalue weighted by atomic mass is 16.7. The van der Waals surface area contributed by atoms with Crippen molar-refractivity contribution in [3.8, 4) is 11.4 Å². The van der Waals surface area contributed by atoms with E-state index in [0.29, 0.717) is 17.9 Å². The molecule has 2 aliphatic rings. The van der Waals surface area contributed by atoms with E-state index in [0.717, 1.165) is 41.1 Å². The summed E-state index contributed by atoms with van der Waals surface area (Å²) >= 11 is 0. The highest BCUT2D eigenvalue weighted by Crippen LogP contribution is 2.41. The molecule has 1 atom stereocenters. The van der Waals surface area contributed by atoms with Crippen LogP contribution < -0.4 is 4.74 Å². The molecule has 0 radical (unpaired) electrons. The SMILES string of the molecule is COC(=O)C1(c2ccccc2)ON=C2/C(=C/c3ccc(-n4cnc(C)c4)c(OC)c3)CCCN21. The van der Waals surface area contributed by atoms with E-state index in [1.165, 1.54) is 7.11 Å². The lowest BCUT2D eigenvalue weighted by atomic mass is 9.94. The van der Waals surface area contributed by atoms with Crippen molar-refractivity contribution in [1.82, 2.24) is 14.5 Å². The van der Waals surface area contributed by atoms with Crippen LogP contribution >= 0.6 is 0 Å². The second kappa shape index (κ2) is 8.70. The van der Waals surface area contributed by atoms with Crippen LogP contribution in [0.5, 0.6) is 5.75 Å². The molecule has 3 aromatic rings. The zero-order valence-corrected chi connectivity index (χ0v) is 19.4. The Morgan fingerprint density at radius 2 is 2.00 bits per heavy atom. The second-order valence-electron chi connectivity index (χ2n) is 8.29. The third-order valence-corrected chi connectivity index (χ3v) is 6.18. The molecule has 174 valence electrons. The predicted octanol–water partition coefficient (Wildman–Crippen LogP) is 4.04. The number of piperidine rings is 1. The molecule has 3 heterocycles. The summed E-state index contributed by atoms with van der Waals surface area (Å²) < 4.78 is 12.8. The number of fused-ring (bicyclic) bond motifs is 1. The second-order valence-corrected chi connectivity index (χ2v) is 8.29. The lowest BCUT2D eigenvalue weighted by molar-refractivity contribution is -0.186. The Kier molecular flexibility index (Phi) is 5.57. The lowest BCUT2D eigenvalue weighted by Gasteiger charge is -2.37. The van der Waals surface area contributed by atoms with E-state index in [1.54, 1.807) is 13.4 Å². The first-order valence-corrected chi connectivity index (χ1v) is 11.1. The Hall–Kier alpha value is -4.07. The minimum absolute atomic E-state index is 0.500. The van der Waals surface area contributed by atoms with Gasteiger partial charge in [-0.15, -0.1) is 0 Å². The van der Waals surface area contributed by atoms with Crippen molar-refractivity contribution in [2.45, 2.75) is 25.5 Å². The summed E-state index contributed by atoms with van der Waals surface area (Å²) in [4.78, 5) is 25.1. The van der Waals surface area contributed by atoms with Crippen molar-refractivity contribution < 1.29 is 19.1 Å². The first-order chi connectivity index (χ1) is 16.6. The summed E-state index contributed by atoms with van der Waals surface area (Å²) in [5.74, 6) is 0.881. The quantitative estimate of drug-likeness (QED) is 0.537. The Morgan fingerprint density at radius 3 is 2.71 bits per heavy atom. The number of amidine groups is 1. The van der Waals surface area contributed by atoms with E-state index in [9.17, 15) is 4.79 Å². The molecule has 5 rings (SSSR count). The van der Waals surface area contributed by atoms with E-state index >= 15 is 0 Å². The maximum absolute atomic E-state index is 13.0. The molecule has 0 aliphatic carbocycles. The van der Waals surface area contributed by atoms with Gasteiger partial charge in [-0.25, -0.2) is 9.78 Å². The minimum Gasteiger partial charge on any atom is -0.495 e. The Bertz CT molecular complexity index is 1280. The van der Waals surface area contributed by atoms with Gasteiger partial charge in [0, 0.05) is 18.3 Å². The number of imidazole rings is 1. The summed E-state index contributed by atoms with van der Waals surface area (Å²) in [6.07, 6.45) is 7.46. The van der Waals surface area contributed by atoms with Gasteiger partial charge < -0.3 is 23.8 Å². The molecule has 8 nitrogen and oxygen atoms in total. The van der Waals surface area contributed by atoms with Crippen LogP contribution in [-0.4, -0.2) is 47.0 Å². The summed E-state index contributed by atoms with van der Waals surface area (Å²) in [7, 11) is 3.02. The predicted molar refractivity (Wildman–Crippen MR) is 127 cm³/mol. The number of carbonyl (C=O) groups is 1. The van der Waals surface area contributed by atoms with Crippen molar-refractivity contribution in [3.63, 3.8) is 0 Å². The molecule has 8 heteroatoms. The van der Waals surface area contributed by atoms with Gasteiger partial charge in [-0.1, -0.05) is 41.6 Å². The highest BCUT2D eigenvalue weighted by Gasteiger charge is 2.56. The number of benzene rings is 2. The van der Waals surface area contributed by atoms with Gasteiger partial charge in [-0.05, 0) is 49.1 Å². The number of aromatic nitrogens is 2. The third kappa shape index (κ3) is 3.51. The van der Waals surface area contributed by atoms with Crippen molar-refractivity contribution in [1.29, 1.82) is 0 Å². The summed E-state index contributed by atoms with van der Waals surface area (Å²) in [6.45, 7) is 2.58. The van der Waals surface area contributed by atoms with E-state index in [4.69, 9.17) is 14.3 Å². The summed E-state index contributed by atoms with van der Waals surface area (Å²) in [6, 6.07) is 15.4. The monoisotopic (exact) mass is 458 g/mol. The zero-order chi connectivity index (χ0) is 23.7. The molecule has 0 bridgehead atoms. The average molecular weight is 459 g/mol. The standard InChI is InChI=1S/C26H26N4O4/c1-18-16-29(17-27-18)22-12-11-19(15-23(22)32-2)14-20-8-7-13-30-24(20)28-34-26(30,25(31)33-3)21-9-5-4-6-10-21/h4-6,9-12,14-17H,7-8,13H2,1-3H3/b20-14+. The topological polar surface area (TPSA) is 78.2 Å². The van der Waals surface area contributed by atoms with Crippen LogP contribution in [0.4, 0.5) is 0 Å². The van der Waals surface area contributed by atoms with Gasteiger partial charge >= 0.3 is 11.7 Å². The van der Waals surface area contributed by atoms with Crippen LogP contribution in [0.2, 0.25) is 0 Å². The summed E-state index contributed by atoms with van der Waals surface area (Å²) in [5.41, 5.74) is 3.05. The maximum atomic E-state index is 13.0. The molecule has 1 saturated heterocycles. The number of hydrogen-bond acceptors (Lipinski definition) is 7. The van der Waals surface area contributed by atoms with Crippen LogP contribution in [0.15, 0.2) is 71.8 Å². The first kappa shape index (κ1) is 21.8. The van der Waals surface area contributed by atoms with E-state index in [2.05, 4.69) is 16.2 Å². The number of ether oxygens (including phenoxy) is 2. The number of methoxy groups -OCH3 is 2. The van der Waals surface area contributed by atoms with Crippen LogP contribution in [0, 0.1) is 6.92 Å². The average Bonchev–Trinajstić information content (AvgIpc) is 3.49. The van der Waals surface area contributed by atoms with Crippen LogP contribution in [0.3, 0.4) is 0 Å². The molecule has 0 N–H and O–H groups in total. The maximum Gasteiger partial charge on any atom is 0.380 e. The van der Waals surface area contributed by atoms with E-state index < -0.39 is 11.7 Å². The fourth-order valence-corrected chi connectivity index (χ4v) is 4.56. The molecule has 0 amide bonds. The molecular formula is C26H26N4O4. The normalized spacial score (nSPS) is 20.5. The molecule has 1 unspecified atom stereocenters. The molecule has 0 spiro atoms. The lowest BCUT2D eigenvalue weighted by Crippen LogP contribution is -2.54. The molecule has 34 heavy (non-hydrogen) atoms. The smallest absolute Gasteiger partial charge is 0.380 e. The molecule has 1 aromatic heterocycles. The first-order valence-electron chi connectivity index (χ1n) is 11.1. The number of rotatable bonds is 5. The van der Waals surface area contributed by atoms with E-state index in [-0.39, 0.29) is 0 Å². The fraction of sp³-hybridized carbons (Fsp3) is 0.269. The summed E-state index contributed by atoms with van der Waals surface area (Å²) in [5, 5.41) is 4.37. The number of esters is 1. The van der Waals surface area contributed by atoms with Crippen LogP contribution in [0.1, 0.15) is 29.7 Å². The van der Waals surface area contributed by atoms with Gasteiger partial charge in [-0.2, -0.15) is 0 Å². The fourth-order valence-electron chi connectivity index (χ4n) is 4.56. The van der Waals surface area contributed by atoms with Gasteiger partial charge in [0.25, 0.3) is 0 Å². The van der Waals surface area contributed by atoms with Gasteiger partial charge in [0.2, 0.25) is 0 Å². The zero-order valence-electron chi connectivity index (χ0n) is 19.4. The number of oxime groups is 1. The van der Waals surface area contributed by atoms with Crippen LogP contribution in [-0.2, 0) is 20.1 Å². The number of nitrogens with zero attached hydrogens (tertiary/aromatic N) is 4. The van der Waals surface area contributed by atoms with Crippen molar-refractivity contribution in [2.75, 3.05) is 20.8 Å². The van der Waals surface area contributed by atoms with E-state index in [1.807, 2.05) is 71.1 Å². The Morgan fingerprint density at radius 1 is 1.18 bits per heavy atom. The number of aryl methyl sites for hydroxylation is 1. The third-order valence-electron chi connectivity index (χ3n) is 6.18. The van der Waals surface area contributed by atoms with Crippen molar-refractivity contribution >= 4 is 17.9 Å². The van der Waals surface area contributed by atoms with Crippen molar-refractivity contribution in [3.05, 3.63) is 83.4 Å². The van der Waals surface area contributed by atoms with Gasteiger partial charge in [0.15, 0.2) is 5.84 Å². The largest absolute Gasteiger partial charge is 0.495 e. The van der Waals surface area contributed by atoms with Gasteiger partial charge in [0.1, 0.15) is 5.75 Å². The molecule has 0 saturated carbocycles. The van der Waals surface area contributed by atoms with Crippen LogP contribution in [0.25, 0.3) is 11.8 Å². The Labute approximate surface area is 198 Å². The number of hydrogen-bond donors (Lipinski definition) is 0. The highest BCUT2D eigenvalue weighted by molar-refractivity contribution is 6.06. The Balaban J connectivity index is 1.50. The number of carbonyl (C=O) groups excluding carboxylic acids is 1. The molecule has 2 aliphatic heterocycles. The molecular weight excluding hydrogens is 432 g/mol. The molecule has 2 aromatic carbocycles. The van der Waals surface area contributed by atoms with Crippen molar-refractivity contribution in [2.24, 2.45) is 5.16 Å². The van der Waals surface area contributed by atoms with Gasteiger partial charge in [-0.3, -0.25) is 0 Å². The van der Waals surface area contributed by atoms with Gasteiger partial charge in [0.05, 0.1) is 31.9 Å².